The van der Waals surface area contributed by atoms with Crippen molar-refractivity contribution in [2.45, 2.75) is 6.42 Å². The van der Waals surface area contributed by atoms with E-state index in [2.05, 4.69) is 4.74 Å². The van der Waals surface area contributed by atoms with Crippen LogP contribution in [0, 0.1) is 10.1 Å². The number of rotatable bonds is 4. The third kappa shape index (κ3) is 3.51. The van der Waals surface area contributed by atoms with Crippen LogP contribution < -0.4 is 0 Å². The van der Waals surface area contributed by atoms with E-state index >= 15 is 0 Å². The minimum absolute atomic E-state index is 0.0905. The predicted molar refractivity (Wildman–Crippen MR) is 56.6 cm³/mol. The Balaban J connectivity index is 2.57. The Kier molecular flexibility index (Phi) is 3.99. The molecule has 0 atom stereocenters. The Morgan fingerprint density at radius 3 is 2.93 bits per heavy atom. The predicted octanol–water partition coefficient (Wildman–Crippen LogP) is 2.23. The summed E-state index contributed by atoms with van der Waals surface area (Å²) in [5, 5.41) is 10.5. The number of hydrogen-bond donors (Lipinski definition) is 0. The van der Waals surface area contributed by atoms with Crippen LogP contribution in [0.4, 0.5) is 5.00 Å². The summed E-state index contributed by atoms with van der Waals surface area (Å²) in [5.74, 6) is -0.336. The van der Waals surface area contributed by atoms with Crippen molar-refractivity contribution in [2.24, 2.45) is 0 Å². The van der Waals surface area contributed by atoms with Crippen LogP contribution in [0.25, 0.3) is 6.08 Å². The second-order valence-corrected chi connectivity index (χ2v) is 3.71. The van der Waals surface area contributed by atoms with Gasteiger partial charge in [0.25, 0.3) is 0 Å². The summed E-state index contributed by atoms with van der Waals surface area (Å²) in [6, 6.07) is 3.07. The number of nitro groups is 1. The highest BCUT2D eigenvalue weighted by molar-refractivity contribution is 7.16. The third-order valence-corrected chi connectivity index (χ3v) is 2.59. The topological polar surface area (TPSA) is 69.4 Å². The van der Waals surface area contributed by atoms with Gasteiger partial charge in [-0.2, -0.15) is 0 Å². The molecule has 0 saturated carbocycles. The summed E-state index contributed by atoms with van der Waals surface area (Å²) in [7, 11) is 1.31. The molecule has 0 fully saturated rings. The number of hydrogen-bond acceptors (Lipinski definition) is 5. The summed E-state index contributed by atoms with van der Waals surface area (Å²) in [6.45, 7) is 0. The van der Waals surface area contributed by atoms with Crippen LogP contribution >= 0.6 is 11.3 Å². The fourth-order valence-corrected chi connectivity index (χ4v) is 1.64. The van der Waals surface area contributed by atoms with Gasteiger partial charge in [0.1, 0.15) is 0 Å². The summed E-state index contributed by atoms with van der Waals surface area (Å²) in [6.07, 6.45) is 3.44. The zero-order valence-corrected chi connectivity index (χ0v) is 8.82. The first kappa shape index (κ1) is 11.4. The molecule has 1 aromatic rings. The van der Waals surface area contributed by atoms with Gasteiger partial charge in [0, 0.05) is 10.9 Å². The smallest absolute Gasteiger partial charge is 0.324 e. The summed E-state index contributed by atoms with van der Waals surface area (Å²) in [5.41, 5.74) is 0. The van der Waals surface area contributed by atoms with Gasteiger partial charge in [0.05, 0.1) is 18.5 Å². The zero-order chi connectivity index (χ0) is 11.3. The Morgan fingerprint density at radius 2 is 2.40 bits per heavy atom. The molecule has 0 amide bonds. The molecular formula is C9H9NO4S. The molecule has 0 bridgehead atoms. The van der Waals surface area contributed by atoms with Crippen LogP contribution in [0.2, 0.25) is 0 Å². The van der Waals surface area contributed by atoms with Gasteiger partial charge < -0.3 is 4.74 Å². The number of methoxy groups -OCH3 is 1. The standard InChI is InChI=1S/C9H9NO4S/c1-14-9(11)4-2-3-7-5-6-8(15-7)10(12)13/h2-3,5-6H,4H2,1H3. The minimum Gasteiger partial charge on any atom is -0.469 e. The van der Waals surface area contributed by atoms with E-state index in [9.17, 15) is 14.9 Å². The molecule has 0 aromatic carbocycles. The molecule has 6 heteroatoms. The van der Waals surface area contributed by atoms with E-state index in [0.29, 0.717) is 0 Å². The van der Waals surface area contributed by atoms with Crippen LogP contribution in [0.5, 0.6) is 0 Å². The lowest BCUT2D eigenvalue weighted by molar-refractivity contribution is -0.380. The quantitative estimate of drug-likeness (QED) is 0.449. The normalized spacial score (nSPS) is 10.5. The van der Waals surface area contributed by atoms with E-state index in [4.69, 9.17) is 0 Å². The van der Waals surface area contributed by atoms with Crippen LogP contribution in [-0.2, 0) is 9.53 Å². The second-order valence-electron chi connectivity index (χ2n) is 2.62. The van der Waals surface area contributed by atoms with Crippen molar-refractivity contribution in [3.63, 3.8) is 0 Å². The molecule has 0 aliphatic carbocycles. The lowest BCUT2D eigenvalue weighted by atomic mass is 10.3. The first-order valence-electron chi connectivity index (χ1n) is 4.11. The highest BCUT2D eigenvalue weighted by atomic mass is 32.1. The van der Waals surface area contributed by atoms with Crippen molar-refractivity contribution in [1.82, 2.24) is 0 Å². The molecule has 1 aromatic heterocycles. The number of carbonyl (C=O) groups is 1. The number of ether oxygens (including phenoxy) is 1. The molecule has 0 radical (unpaired) electrons. The lowest BCUT2D eigenvalue weighted by Crippen LogP contribution is -1.96. The Labute approximate surface area is 90.1 Å². The summed E-state index contributed by atoms with van der Waals surface area (Å²) >= 11 is 1.06. The maximum atomic E-state index is 10.7. The zero-order valence-electron chi connectivity index (χ0n) is 8.00. The van der Waals surface area contributed by atoms with E-state index in [-0.39, 0.29) is 17.4 Å². The fourth-order valence-electron chi connectivity index (χ4n) is 0.885. The first-order valence-corrected chi connectivity index (χ1v) is 4.92. The highest BCUT2D eigenvalue weighted by Crippen LogP contribution is 2.24. The van der Waals surface area contributed by atoms with Gasteiger partial charge in [0.2, 0.25) is 0 Å². The van der Waals surface area contributed by atoms with Gasteiger partial charge in [-0.25, -0.2) is 0 Å². The SMILES string of the molecule is COC(=O)CC=Cc1ccc([N+](=O)[O-])s1. The summed E-state index contributed by atoms with van der Waals surface area (Å²) < 4.78 is 4.44. The second kappa shape index (κ2) is 5.26. The lowest BCUT2D eigenvalue weighted by Gasteiger charge is -1.90. The monoisotopic (exact) mass is 227 g/mol. The average Bonchev–Trinajstić information content (AvgIpc) is 2.66. The van der Waals surface area contributed by atoms with Gasteiger partial charge in [0.15, 0.2) is 0 Å². The van der Waals surface area contributed by atoms with Crippen LogP contribution in [0.15, 0.2) is 18.2 Å². The molecule has 0 aliphatic rings. The van der Waals surface area contributed by atoms with Crippen molar-refractivity contribution in [3.8, 4) is 0 Å². The third-order valence-electron chi connectivity index (χ3n) is 1.59. The Bertz CT molecular complexity index is 397. The molecule has 15 heavy (non-hydrogen) atoms. The van der Waals surface area contributed by atoms with Gasteiger partial charge in [-0.05, 0) is 12.1 Å². The molecule has 1 heterocycles. The minimum atomic E-state index is -0.442. The molecule has 0 spiro atoms. The van der Waals surface area contributed by atoms with Gasteiger partial charge in [-0.3, -0.25) is 14.9 Å². The molecule has 0 aliphatic heterocycles. The van der Waals surface area contributed by atoms with E-state index in [1.165, 1.54) is 13.2 Å². The van der Waals surface area contributed by atoms with Gasteiger partial charge in [-0.15, -0.1) is 0 Å². The molecule has 80 valence electrons. The van der Waals surface area contributed by atoms with Crippen molar-refractivity contribution in [2.75, 3.05) is 7.11 Å². The first-order chi connectivity index (χ1) is 7.13. The van der Waals surface area contributed by atoms with Crippen LogP contribution in [-0.4, -0.2) is 18.0 Å². The fraction of sp³-hybridized carbons (Fsp3) is 0.222. The van der Waals surface area contributed by atoms with Crippen molar-refractivity contribution in [1.29, 1.82) is 0 Å². The van der Waals surface area contributed by atoms with Gasteiger partial charge >= 0.3 is 11.0 Å². The Hall–Kier alpha value is -1.69. The average molecular weight is 227 g/mol. The van der Waals surface area contributed by atoms with E-state index < -0.39 is 4.92 Å². The summed E-state index contributed by atoms with van der Waals surface area (Å²) in [4.78, 5) is 21.4. The largest absolute Gasteiger partial charge is 0.469 e. The maximum Gasteiger partial charge on any atom is 0.324 e. The maximum absolute atomic E-state index is 10.7. The van der Waals surface area contributed by atoms with Crippen LogP contribution in [0.1, 0.15) is 11.3 Å². The van der Waals surface area contributed by atoms with Crippen LogP contribution in [0.3, 0.4) is 0 Å². The molecule has 0 unspecified atom stereocenters. The number of thiophene rings is 1. The number of nitrogens with zero attached hydrogens (tertiary/aromatic N) is 1. The molecule has 0 saturated heterocycles. The molecular weight excluding hydrogens is 218 g/mol. The molecule has 5 nitrogen and oxygen atoms in total. The van der Waals surface area contributed by atoms with E-state index in [0.717, 1.165) is 16.2 Å². The molecule has 1 rings (SSSR count). The van der Waals surface area contributed by atoms with Gasteiger partial charge in [-0.1, -0.05) is 17.4 Å². The van der Waals surface area contributed by atoms with Crippen molar-refractivity contribution >= 4 is 28.4 Å². The van der Waals surface area contributed by atoms with E-state index in [1.54, 1.807) is 18.2 Å². The number of esters is 1. The van der Waals surface area contributed by atoms with E-state index in [1.807, 2.05) is 0 Å². The molecule has 0 N–H and O–H groups in total. The number of carbonyl (C=O) groups excluding carboxylic acids is 1. The highest BCUT2D eigenvalue weighted by Gasteiger charge is 2.07. The van der Waals surface area contributed by atoms with Crippen molar-refractivity contribution < 1.29 is 14.5 Å². The van der Waals surface area contributed by atoms with Crippen molar-refractivity contribution in [3.05, 3.63) is 33.2 Å². The Morgan fingerprint density at radius 1 is 1.67 bits per heavy atom.